The third-order valence-electron chi connectivity index (χ3n) is 4.79. The molecule has 3 atom stereocenters. The highest BCUT2D eigenvalue weighted by Crippen LogP contribution is 2.37. The van der Waals surface area contributed by atoms with Crippen molar-refractivity contribution in [2.24, 2.45) is 5.73 Å². The number of nitrogens with two attached hydrogens (primary N) is 1. The van der Waals surface area contributed by atoms with Crippen molar-refractivity contribution in [3.63, 3.8) is 0 Å². The van der Waals surface area contributed by atoms with Crippen LogP contribution in [0.4, 0.5) is 5.69 Å². The summed E-state index contributed by atoms with van der Waals surface area (Å²) in [5.74, 6) is -0.450. The van der Waals surface area contributed by atoms with Crippen molar-refractivity contribution in [3.05, 3.63) is 41.1 Å². The van der Waals surface area contributed by atoms with E-state index in [1.165, 1.54) is 0 Å². The molecule has 6 heteroatoms. The lowest BCUT2D eigenvalue weighted by atomic mass is 10.0. The Labute approximate surface area is 142 Å². The molecule has 2 aliphatic rings. The first-order chi connectivity index (χ1) is 11.5. The average molecular weight is 328 g/mol. The number of nitrogens with one attached hydrogen (secondary N) is 3. The maximum absolute atomic E-state index is 12.2. The van der Waals surface area contributed by atoms with Gasteiger partial charge in [0.15, 0.2) is 0 Å². The minimum atomic E-state index is -0.450. The molecule has 128 valence electrons. The van der Waals surface area contributed by atoms with Gasteiger partial charge in [0.05, 0.1) is 12.2 Å². The van der Waals surface area contributed by atoms with Crippen molar-refractivity contribution in [2.45, 2.75) is 44.9 Å². The molecular formula is C18H24N4O2. The van der Waals surface area contributed by atoms with Crippen LogP contribution in [0.5, 0.6) is 0 Å². The standard InChI is InChI=1S/C18H24N4O2/c1-3-14(19)10(2)16(20)18(23)22-12-6-4-11(5-7-12)17-15-8-13(24-17)9-21-15/h4-7,13,15,17,20-21H,3,8-9,19H2,1-2H3,(H,22,23)/t13-,15-,17+/m0/s1. The zero-order chi connectivity index (χ0) is 17.3. The fraction of sp³-hybridized carbons (Fsp3) is 0.444. The van der Waals surface area contributed by atoms with E-state index in [1.54, 1.807) is 6.92 Å². The quantitative estimate of drug-likeness (QED) is 0.622. The lowest BCUT2D eigenvalue weighted by Crippen LogP contribution is -2.34. The van der Waals surface area contributed by atoms with E-state index in [4.69, 9.17) is 15.9 Å². The van der Waals surface area contributed by atoms with E-state index >= 15 is 0 Å². The van der Waals surface area contributed by atoms with Crippen LogP contribution in [0.15, 0.2) is 35.5 Å². The fourth-order valence-electron chi connectivity index (χ4n) is 3.23. The van der Waals surface area contributed by atoms with Crippen LogP contribution in [-0.4, -0.2) is 30.3 Å². The number of fused-ring (bicyclic) bond motifs is 2. The summed E-state index contributed by atoms with van der Waals surface area (Å²) in [4.78, 5) is 12.2. The molecule has 1 amide bonds. The van der Waals surface area contributed by atoms with Gasteiger partial charge in [-0.1, -0.05) is 19.1 Å². The summed E-state index contributed by atoms with van der Waals surface area (Å²) in [6, 6.07) is 8.01. The van der Waals surface area contributed by atoms with Gasteiger partial charge in [-0.15, -0.1) is 0 Å². The number of allylic oxidation sites excluding steroid dienone is 1. The summed E-state index contributed by atoms with van der Waals surface area (Å²) in [5, 5.41) is 14.1. The monoisotopic (exact) mass is 328 g/mol. The SMILES string of the molecule is CCC(N)=C(C)C(=N)C(=O)Nc1ccc([C@H]2O[C@@H]3CN[C@H]2C3)cc1. The molecule has 0 aliphatic carbocycles. The van der Waals surface area contributed by atoms with Crippen LogP contribution in [-0.2, 0) is 9.53 Å². The Morgan fingerprint density at radius 3 is 2.67 bits per heavy atom. The number of hydrogen-bond donors (Lipinski definition) is 4. The molecule has 3 rings (SSSR count). The summed E-state index contributed by atoms with van der Waals surface area (Å²) in [6.45, 7) is 4.53. The molecule has 24 heavy (non-hydrogen) atoms. The van der Waals surface area contributed by atoms with Gasteiger partial charge in [0.2, 0.25) is 0 Å². The van der Waals surface area contributed by atoms with Crippen LogP contribution in [0, 0.1) is 5.41 Å². The van der Waals surface area contributed by atoms with E-state index < -0.39 is 5.91 Å². The molecule has 0 saturated carbocycles. The van der Waals surface area contributed by atoms with Crippen LogP contribution in [0.25, 0.3) is 0 Å². The molecule has 1 aromatic carbocycles. The Kier molecular flexibility index (Phi) is 4.69. The largest absolute Gasteiger partial charge is 0.402 e. The molecule has 2 saturated heterocycles. The van der Waals surface area contributed by atoms with Crippen molar-refractivity contribution >= 4 is 17.3 Å². The van der Waals surface area contributed by atoms with Gasteiger partial charge in [0.1, 0.15) is 5.71 Å². The Hall–Kier alpha value is -2.18. The number of benzene rings is 1. The first kappa shape index (κ1) is 16.7. The van der Waals surface area contributed by atoms with E-state index in [-0.39, 0.29) is 11.8 Å². The highest BCUT2D eigenvalue weighted by Gasteiger charge is 2.41. The average Bonchev–Trinajstić information content (AvgIpc) is 3.23. The number of ether oxygens (including phenoxy) is 1. The van der Waals surface area contributed by atoms with Crippen molar-refractivity contribution in [1.29, 1.82) is 5.41 Å². The van der Waals surface area contributed by atoms with E-state index in [0.717, 1.165) is 18.5 Å². The van der Waals surface area contributed by atoms with Crippen LogP contribution in [0.2, 0.25) is 0 Å². The van der Waals surface area contributed by atoms with Crippen molar-refractivity contribution in [1.82, 2.24) is 5.32 Å². The summed E-state index contributed by atoms with van der Waals surface area (Å²) in [5.41, 5.74) is 8.56. The van der Waals surface area contributed by atoms with Gasteiger partial charge in [0.25, 0.3) is 5.91 Å². The molecule has 2 aliphatic heterocycles. The third-order valence-corrected chi connectivity index (χ3v) is 4.79. The molecule has 2 fully saturated rings. The molecule has 2 heterocycles. The Balaban J connectivity index is 1.64. The number of rotatable bonds is 5. The molecular weight excluding hydrogens is 304 g/mol. The predicted octanol–water partition coefficient (Wildman–Crippen LogP) is 2.09. The van der Waals surface area contributed by atoms with Gasteiger partial charge in [-0.2, -0.15) is 0 Å². The van der Waals surface area contributed by atoms with Crippen molar-refractivity contribution in [3.8, 4) is 0 Å². The zero-order valence-corrected chi connectivity index (χ0v) is 14.1. The first-order valence-electron chi connectivity index (χ1n) is 8.34. The molecule has 5 N–H and O–H groups in total. The molecule has 0 spiro atoms. The summed E-state index contributed by atoms with van der Waals surface area (Å²) in [7, 11) is 0. The van der Waals surface area contributed by atoms with E-state index in [1.807, 2.05) is 31.2 Å². The Morgan fingerprint density at radius 2 is 2.12 bits per heavy atom. The first-order valence-corrected chi connectivity index (χ1v) is 8.34. The number of carbonyl (C=O) groups is 1. The van der Waals surface area contributed by atoms with E-state index in [2.05, 4.69) is 10.6 Å². The molecule has 0 aromatic heterocycles. The number of carbonyl (C=O) groups excluding carboxylic acids is 1. The zero-order valence-electron chi connectivity index (χ0n) is 14.1. The topological polar surface area (TPSA) is 100 Å². The lowest BCUT2D eigenvalue weighted by Gasteiger charge is -2.23. The van der Waals surface area contributed by atoms with Crippen molar-refractivity contribution < 1.29 is 9.53 Å². The van der Waals surface area contributed by atoms with Crippen LogP contribution < -0.4 is 16.4 Å². The number of hydrogen-bond acceptors (Lipinski definition) is 5. The summed E-state index contributed by atoms with van der Waals surface area (Å²) >= 11 is 0. The maximum Gasteiger partial charge on any atom is 0.273 e. The molecule has 0 unspecified atom stereocenters. The van der Waals surface area contributed by atoms with E-state index in [9.17, 15) is 4.79 Å². The minimum Gasteiger partial charge on any atom is -0.402 e. The van der Waals surface area contributed by atoms with Crippen LogP contribution in [0.1, 0.15) is 38.4 Å². The molecule has 1 aromatic rings. The second kappa shape index (κ2) is 6.75. The Bertz CT molecular complexity index is 681. The summed E-state index contributed by atoms with van der Waals surface area (Å²) in [6.07, 6.45) is 2.08. The fourth-order valence-corrected chi connectivity index (χ4v) is 3.23. The predicted molar refractivity (Wildman–Crippen MR) is 94.0 cm³/mol. The van der Waals surface area contributed by atoms with Gasteiger partial charge < -0.3 is 21.1 Å². The number of anilines is 1. The normalized spacial score (nSPS) is 26.2. The lowest BCUT2D eigenvalue weighted by molar-refractivity contribution is -0.110. The van der Waals surface area contributed by atoms with Crippen LogP contribution in [0.3, 0.4) is 0 Å². The maximum atomic E-state index is 12.2. The summed E-state index contributed by atoms with van der Waals surface area (Å²) < 4.78 is 5.97. The molecule has 2 bridgehead atoms. The molecule has 6 nitrogen and oxygen atoms in total. The van der Waals surface area contributed by atoms with Gasteiger partial charge >= 0.3 is 0 Å². The number of amides is 1. The smallest absolute Gasteiger partial charge is 0.273 e. The van der Waals surface area contributed by atoms with Crippen molar-refractivity contribution in [2.75, 3.05) is 11.9 Å². The highest BCUT2D eigenvalue weighted by molar-refractivity contribution is 6.47. The van der Waals surface area contributed by atoms with Gasteiger partial charge in [-0.05, 0) is 43.0 Å². The highest BCUT2D eigenvalue weighted by atomic mass is 16.5. The third kappa shape index (κ3) is 3.20. The van der Waals surface area contributed by atoms with Gasteiger partial charge in [0, 0.05) is 24.0 Å². The van der Waals surface area contributed by atoms with E-state index in [0.29, 0.717) is 35.5 Å². The minimum absolute atomic E-state index is 0.0846. The molecule has 0 radical (unpaired) electrons. The van der Waals surface area contributed by atoms with Gasteiger partial charge in [-0.3, -0.25) is 10.2 Å². The second-order valence-electron chi connectivity index (χ2n) is 6.38. The second-order valence-corrected chi connectivity index (χ2v) is 6.38. The number of morpholine rings is 1. The van der Waals surface area contributed by atoms with Crippen LogP contribution >= 0.6 is 0 Å². The van der Waals surface area contributed by atoms with Gasteiger partial charge in [-0.25, -0.2) is 0 Å². The Morgan fingerprint density at radius 1 is 1.42 bits per heavy atom.